The Morgan fingerprint density at radius 1 is 1.35 bits per heavy atom. The lowest BCUT2D eigenvalue weighted by Gasteiger charge is -2.26. The third-order valence-corrected chi connectivity index (χ3v) is 2.77. The smallest absolute Gasteiger partial charge is 0.261 e. The molecule has 0 radical (unpaired) electrons. The van der Waals surface area contributed by atoms with E-state index in [4.69, 9.17) is 4.74 Å². The summed E-state index contributed by atoms with van der Waals surface area (Å²) in [5.74, 6) is 0.630. The highest BCUT2D eigenvalue weighted by molar-refractivity contribution is 5.81. The lowest BCUT2D eigenvalue weighted by atomic mass is 10.0. The predicted molar refractivity (Wildman–Crippen MR) is 69.0 cm³/mol. The first-order valence-electron chi connectivity index (χ1n) is 5.98. The van der Waals surface area contributed by atoms with E-state index in [-0.39, 0.29) is 11.4 Å². The Kier molecular flexibility index (Phi) is 4.55. The van der Waals surface area contributed by atoms with Gasteiger partial charge >= 0.3 is 0 Å². The van der Waals surface area contributed by atoms with Crippen LogP contribution in [0, 0.1) is 0 Å². The van der Waals surface area contributed by atoms with Crippen LogP contribution in [0.25, 0.3) is 0 Å². The summed E-state index contributed by atoms with van der Waals surface area (Å²) in [5.41, 5.74) is -0.189. The molecule has 0 unspecified atom stereocenters. The van der Waals surface area contributed by atoms with Crippen molar-refractivity contribution in [3.63, 3.8) is 0 Å². The molecule has 0 fully saturated rings. The van der Waals surface area contributed by atoms with Gasteiger partial charge in [0.2, 0.25) is 0 Å². The summed E-state index contributed by atoms with van der Waals surface area (Å²) in [6.45, 7) is 7.80. The molecule has 94 valence electrons. The van der Waals surface area contributed by atoms with Gasteiger partial charge in [-0.3, -0.25) is 4.79 Å². The fraction of sp³-hybridized carbons (Fsp3) is 0.500. The molecule has 0 aromatic heterocycles. The number of ether oxygens (including phenoxy) is 1. The van der Waals surface area contributed by atoms with Gasteiger partial charge in [0.1, 0.15) is 5.75 Å². The van der Waals surface area contributed by atoms with Gasteiger partial charge in [-0.2, -0.15) is 0 Å². The van der Waals surface area contributed by atoms with Gasteiger partial charge < -0.3 is 10.1 Å². The van der Waals surface area contributed by atoms with Crippen LogP contribution in [0.3, 0.4) is 0 Å². The number of carbonyl (C=O) groups is 1. The molecule has 0 heterocycles. The number of para-hydroxylation sites is 1. The molecular formula is C14H21NO2. The van der Waals surface area contributed by atoms with E-state index in [1.807, 2.05) is 51.1 Å². The maximum Gasteiger partial charge on any atom is 0.261 e. The highest BCUT2D eigenvalue weighted by atomic mass is 16.5. The maximum atomic E-state index is 11.9. The molecule has 1 aromatic carbocycles. The molecule has 0 spiro atoms. The van der Waals surface area contributed by atoms with Gasteiger partial charge in [-0.15, -0.1) is 0 Å². The zero-order valence-corrected chi connectivity index (χ0v) is 11.0. The molecule has 0 aliphatic rings. The van der Waals surface area contributed by atoms with Crippen LogP contribution in [0.1, 0.15) is 34.1 Å². The highest BCUT2D eigenvalue weighted by Crippen LogP contribution is 2.12. The van der Waals surface area contributed by atoms with Crippen LogP contribution in [-0.2, 0) is 4.79 Å². The summed E-state index contributed by atoms with van der Waals surface area (Å²) in [6, 6.07) is 9.37. The van der Waals surface area contributed by atoms with Gasteiger partial charge in [-0.25, -0.2) is 0 Å². The Bertz CT molecular complexity index is 360. The Morgan fingerprint density at radius 2 is 1.94 bits per heavy atom. The second kappa shape index (κ2) is 5.71. The summed E-state index contributed by atoms with van der Waals surface area (Å²) >= 11 is 0. The van der Waals surface area contributed by atoms with Crippen molar-refractivity contribution < 1.29 is 9.53 Å². The molecule has 1 N–H and O–H groups in total. The highest BCUT2D eigenvalue weighted by Gasteiger charge is 2.22. The second-order valence-electron chi connectivity index (χ2n) is 4.80. The minimum absolute atomic E-state index is 0.0827. The van der Waals surface area contributed by atoms with Crippen LogP contribution in [0.5, 0.6) is 5.75 Å². The average Bonchev–Trinajstić information content (AvgIpc) is 2.30. The molecule has 17 heavy (non-hydrogen) atoms. The Labute approximate surface area is 103 Å². The van der Waals surface area contributed by atoms with Gasteiger partial charge in [0.15, 0.2) is 6.10 Å². The molecule has 3 heteroatoms. The molecular weight excluding hydrogens is 214 g/mol. The van der Waals surface area contributed by atoms with E-state index in [1.165, 1.54) is 0 Å². The summed E-state index contributed by atoms with van der Waals surface area (Å²) < 4.78 is 5.55. The van der Waals surface area contributed by atoms with E-state index in [1.54, 1.807) is 6.92 Å². The normalized spacial score (nSPS) is 12.9. The number of benzene rings is 1. The molecule has 0 aliphatic carbocycles. The molecule has 1 amide bonds. The van der Waals surface area contributed by atoms with Crippen LogP contribution in [0.4, 0.5) is 0 Å². The standard InChI is InChI=1S/C14H21NO2/c1-5-14(3,4)15-13(16)11(2)17-12-9-7-6-8-10-12/h6-11H,5H2,1-4H3,(H,15,16)/t11-/m0/s1. The van der Waals surface area contributed by atoms with Crippen molar-refractivity contribution in [2.45, 2.75) is 45.8 Å². The van der Waals surface area contributed by atoms with Crippen molar-refractivity contribution in [1.82, 2.24) is 5.32 Å². The minimum atomic E-state index is -0.483. The molecule has 0 saturated heterocycles. The summed E-state index contributed by atoms with van der Waals surface area (Å²) in [6.07, 6.45) is 0.403. The number of amides is 1. The van der Waals surface area contributed by atoms with E-state index in [9.17, 15) is 4.79 Å². The van der Waals surface area contributed by atoms with Crippen LogP contribution in [0.2, 0.25) is 0 Å². The van der Waals surface area contributed by atoms with E-state index in [0.29, 0.717) is 5.75 Å². The lowest BCUT2D eigenvalue weighted by Crippen LogP contribution is -2.48. The molecule has 0 bridgehead atoms. The number of hydrogen-bond acceptors (Lipinski definition) is 2. The van der Waals surface area contributed by atoms with Gasteiger partial charge in [0, 0.05) is 5.54 Å². The number of rotatable bonds is 5. The van der Waals surface area contributed by atoms with Gasteiger partial charge in [0.05, 0.1) is 0 Å². The third-order valence-electron chi connectivity index (χ3n) is 2.77. The van der Waals surface area contributed by atoms with Gasteiger partial charge in [-0.1, -0.05) is 25.1 Å². The molecule has 0 aliphatic heterocycles. The molecule has 3 nitrogen and oxygen atoms in total. The van der Waals surface area contributed by atoms with Crippen molar-refractivity contribution in [2.75, 3.05) is 0 Å². The summed E-state index contributed by atoms with van der Waals surface area (Å²) in [5, 5.41) is 2.96. The monoisotopic (exact) mass is 235 g/mol. The molecule has 0 saturated carbocycles. The first-order valence-corrected chi connectivity index (χ1v) is 5.98. The minimum Gasteiger partial charge on any atom is -0.481 e. The van der Waals surface area contributed by atoms with Crippen LogP contribution in [-0.4, -0.2) is 17.6 Å². The SMILES string of the molecule is CCC(C)(C)NC(=O)[C@H](C)Oc1ccccc1. The van der Waals surface area contributed by atoms with E-state index in [2.05, 4.69) is 5.32 Å². The van der Waals surface area contributed by atoms with E-state index >= 15 is 0 Å². The molecule has 1 rings (SSSR count). The average molecular weight is 235 g/mol. The predicted octanol–water partition coefficient (Wildman–Crippen LogP) is 2.76. The zero-order valence-electron chi connectivity index (χ0n) is 11.0. The fourth-order valence-corrected chi connectivity index (χ4v) is 1.28. The van der Waals surface area contributed by atoms with Crippen molar-refractivity contribution in [2.24, 2.45) is 0 Å². The Morgan fingerprint density at radius 3 is 2.47 bits per heavy atom. The van der Waals surface area contributed by atoms with Gasteiger partial charge in [-0.05, 0) is 39.3 Å². The second-order valence-corrected chi connectivity index (χ2v) is 4.80. The van der Waals surface area contributed by atoms with Crippen molar-refractivity contribution >= 4 is 5.91 Å². The third kappa shape index (κ3) is 4.47. The number of nitrogens with one attached hydrogen (secondary N) is 1. The quantitative estimate of drug-likeness (QED) is 0.852. The number of hydrogen-bond donors (Lipinski definition) is 1. The molecule has 1 aromatic rings. The van der Waals surface area contributed by atoms with E-state index in [0.717, 1.165) is 6.42 Å². The van der Waals surface area contributed by atoms with Crippen LogP contribution in [0.15, 0.2) is 30.3 Å². The van der Waals surface area contributed by atoms with Gasteiger partial charge in [0.25, 0.3) is 5.91 Å². The van der Waals surface area contributed by atoms with Crippen LogP contribution < -0.4 is 10.1 Å². The summed E-state index contributed by atoms with van der Waals surface area (Å²) in [4.78, 5) is 11.9. The van der Waals surface area contributed by atoms with Crippen molar-refractivity contribution in [1.29, 1.82) is 0 Å². The largest absolute Gasteiger partial charge is 0.481 e. The topological polar surface area (TPSA) is 38.3 Å². The Balaban J connectivity index is 2.54. The first kappa shape index (κ1) is 13.6. The van der Waals surface area contributed by atoms with Crippen molar-refractivity contribution in [3.05, 3.63) is 30.3 Å². The zero-order chi connectivity index (χ0) is 12.9. The molecule has 1 atom stereocenters. The number of carbonyl (C=O) groups excluding carboxylic acids is 1. The maximum absolute atomic E-state index is 11.9. The first-order chi connectivity index (χ1) is 7.94. The Hall–Kier alpha value is -1.51. The van der Waals surface area contributed by atoms with Crippen LogP contribution >= 0.6 is 0 Å². The summed E-state index contributed by atoms with van der Waals surface area (Å²) in [7, 11) is 0. The van der Waals surface area contributed by atoms with Crippen molar-refractivity contribution in [3.8, 4) is 5.75 Å². The van der Waals surface area contributed by atoms with E-state index < -0.39 is 6.10 Å². The fourth-order valence-electron chi connectivity index (χ4n) is 1.28. The lowest BCUT2D eigenvalue weighted by molar-refractivity contribution is -0.128.